The second kappa shape index (κ2) is 6.43. The Morgan fingerprint density at radius 3 is 3.17 bits per heavy atom. The molecule has 7 heteroatoms. The summed E-state index contributed by atoms with van der Waals surface area (Å²) in [6.45, 7) is 1.54. The van der Waals surface area contributed by atoms with Gasteiger partial charge in [-0.1, -0.05) is 23.4 Å². The Balaban J connectivity index is 1.45. The molecule has 0 spiro atoms. The molecule has 0 unspecified atom stereocenters. The smallest absolute Gasteiger partial charge is 0.233 e. The van der Waals surface area contributed by atoms with Crippen molar-refractivity contribution in [2.45, 2.75) is 18.1 Å². The molecule has 0 N–H and O–H groups in total. The van der Waals surface area contributed by atoms with Crippen LogP contribution < -0.4 is 0 Å². The predicted octanol–water partition coefficient (Wildman–Crippen LogP) is 3.97. The van der Waals surface area contributed by atoms with Gasteiger partial charge in [-0.05, 0) is 41.6 Å². The average Bonchev–Trinajstić information content (AvgIpc) is 3.16. The fraction of sp³-hybridized carbons (Fsp3) is 0.294. The van der Waals surface area contributed by atoms with Gasteiger partial charge in [0.15, 0.2) is 5.16 Å². The summed E-state index contributed by atoms with van der Waals surface area (Å²) in [5, 5.41) is 3.62. The van der Waals surface area contributed by atoms with Crippen LogP contribution in [-0.4, -0.2) is 32.7 Å². The topological polar surface area (TPSA) is 38.1 Å². The second-order valence-electron chi connectivity index (χ2n) is 5.81. The van der Waals surface area contributed by atoms with E-state index in [9.17, 15) is 4.79 Å². The molecule has 2 aromatic heterocycles. The molecule has 0 radical (unpaired) electrons. The average molecular weight is 378 g/mol. The number of halogens is 1. The fourth-order valence-corrected chi connectivity index (χ4v) is 4.90. The third kappa shape index (κ3) is 2.94. The second-order valence-corrected chi connectivity index (χ2v) is 8.19. The summed E-state index contributed by atoms with van der Waals surface area (Å²) < 4.78 is 2.01. The first kappa shape index (κ1) is 16.0. The maximum Gasteiger partial charge on any atom is 0.233 e. The molecule has 0 saturated heterocycles. The maximum absolute atomic E-state index is 12.5. The minimum absolute atomic E-state index is 0.168. The number of carbonyl (C=O) groups is 1. The molecule has 1 aliphatic rings. The molecule has 4 nitrogen and oxygen atoms in total. The Morgan fingerprint density at radius 2 is 2.29 bits per heavy atom. The third-order valence-corrected chi connectivity index (χ3v) is 6.56. The number of rotatable bonds is 3. The van der Waals surface area contributed by atoms with Gasteiger partial charge in [0.2, 0.25) is 5.91 Å². The zero-order chi connectivity index (χ0) is 16.7. The van der Waals surface area contributed by atoms with Crippen LogP contribution in [-0.2, 0) is 24.8 Å². The molecule has 0 atom stereocenters. The van der Waals surface area contributed by atoms with Crippen LogP contribution in [0, 0.1) is 0 Å². The summed E-state index contributed by atoms with van der Waals surface area (Å²) in [4.78, 5) is 20.5. The molecule has 0 aliphatic carbocycles. The lowest BCUT2D eigenvalue weighted by Gasteiger charge is -2.26. The van der Waals surface area contributed by atoms with E-state index in [2.05, 4.69) is 16.4 Å². The van der Waals surface area contributed by atoms with Crippen molar-refractivity contribution in [3.05, 3.63) is 45.1 Å². The Morgan fingerprint density at radius 1 is 1.42 bits per heavy atom. The number of fused-ring (bicyclic) bond motifs is 2. The lowest BCUT2D eigenvalue weighted by atomic mass is 10.1. The van der Waals surface area contributed by atoms with Crippen molar-refractivity contribution in [1.29, 1.82) is 0 Å². The van der Waals surface area contributed by atoms with Crippen LogP contribution >= 0.6 is 34.7 Å². The zero-order valence-corrected chi connectivity index (χ0v) is 15.5. The molecule has 4 rings (SSSR count). The molecule has 1 aliphatic heterocycles. The van der Waals surface area contributed by atoms with E-state index in [4.69, 9.17) is 11.6 Å². The van der Waals surface area contributed by atoms with Gasteiger partial charge in [-0.25, -0.2) is 4.98 Å². The highest BCUT2D eigenvalue weighted by molar-refractivity contribution is 7.99. The van der Waals surface area contributed by atoms with Gasteiger partial charge in [0.25, 0.3) is 0 Å². The largest absolute Gasteiger partial charge is 0.337 e. The number of thiophene rings is 1. The van der Waals surface area contributed by atoms with E-state index < -0.39 is 0 Å². The third-order valence-electron chi connectivity index (χ3n) is 4.29. The first-order valence-corrected chi connectivity index (χ1v) is 9.94. The van der Waals surface area contributed by atoms with Crippen molar-refractivity contribution in [3.63, 3.8) is 0 Å². The lowest BCUT2D eigenvalue weighted by molar-refractivity contribution is -0.129. The van der Waals surface area contributed by atoms with Crippen LogP contribution in [0.1, 0.15) is 10.4 Å². The molecule has 0 fully saturated rings. The highest BCUT2D eigenvalue weighted by atomic mass is 35.5. The number of imidazole rings is 1. The van der Waals surface area contributed by atoms with Crippen LogP contribution in [0.3, 0.4) is 0 Å². The van der Waals surface area contributed by atoms with Gasteiger partial charge in [-0.3, -0.25) is 4.79 Å². The number of amides is 1. The molecule has 3 heterocycles. The lowest BCUT2D eigenvalue weighted by Crippen LogP contribution is -2.36. The first-order valence-electron chi connectivity index (χ1n) is 7.69. The number of aryl methyl sites for hydroxylation is 1. The number of carbonyl (C=O) groups excluding carboxylic acids is 1. The number of benzene rings is 1. The first-order chi connectivity index (χ1) is 11.6. The molecule has 0 saturated carbocycles. The minimum Gasteiger partial charge on any atom is -0.337 e. The Kier molecular flexibility index (Phi) is 4.28. The molecule has 3 aromatic rings. The Bertz CT molecular complexity index is 918. The summed E-state index contributed by atoms with van der Waals surface area (Å²) in [5.74, 6) is 0.576. The van der Waals surface area contributed by atoms with Gasteiger partial charge in [0, 0.05) is 30.0 Å². The maximum atomic E-state index is 12.5. The van der Waals surface area contributed by atoms with Crippen molar-refractivity contribution in [2.24, 2.45) is 7.05 Å². The predicted molar refractivity (Wildman–Crippen MR) is 99.9 cm³/mol. The van der Waals surface area contributed by atoms with Crippen LogP contribution in [0.25, 0.3) is 11.0 Å². The molecule has 1 aromatic carbocycles. The van der Waals surface area contributed by atoms with Crippen molar-refractivity contribution in [2.75, 3.05) is 12.3 Å². The summed E-state index contributed by atoms with van der Waals surface area (Å²) in [5.41, 5.74) is 3.18. The SMILES string of the molecule is Cn1c(SCC(=O)N2CCc3sccc3C2)nc2cc(Cl)ccc21. The monoisotopic (exact) mass is 377 g/mol. The number of hydrogen-bond acceptors (Lipinski definition) is 4. The standard InChI is InChI=1S/C17H16ClN3OS2/c1-20-14-3-2-12(18)8-13(14)19-17(20)24-10-16(22)21-6-4-15-11(9-21)5-7-23-15/h2-3,5,7-8H,4,6,9-10H2,1H3. The fourth-order valence-electron chi connectivity index (χ4n) is 2.96. The van der Waals surface area contributed by atoms with Crippen molar-refractivity contribution >= 4 is 51.6 Å². The van der Waals surface area contributed by atoms with E-state index in [1.165, 1.54) is 22.2 Å². The van der Waals surface area contributed by atoms with Crippen LogP contribution in [0.15, 0.2) is 34.8 Å². The van der Waals surface area contributed by atoms with E-state index in [1.54, 1.807) is 11.3 Å². The molecule has 24 heavy (non-hydrogen) atoms. The molecular weight excluding hydrogens is 362 g/mol. The molecule has 0 bridgehead atoms. The van der Waals surface area contributed by atoms with Crippen molar-refractivity contribution in [1.82, 2.24) is 14.5 Å². The van der Waals surface area contributed by atoms with E-state index in [1.807, 2.05) is 34.7 Å². The van der Waals surface area contributed by atoms with E-state index >= 15 is 0 Å². The molecule has 124 valence electrons. The Hall–Kier alpha value is -1.50. The normalized spacial score (nSPS) is 14.2. The van der Waals surface area contributed by atoms with Gasteiger partial charge in [-0.2, -0.15) is 0 Å². The number of aromatic nitrogens is 2. The van der Waals surface area contributed by atoms with E-state index in [0.717, 1.165) is 35.7 Å². The number of nitrogens with zero attached hydrogens (tertiary/aromatic N) is 3. The van der Waals surface area contributed by atoms with Gasteiger partial charge in [-0.15, -0.1) is 11.3 Å². The zero-order valence-electron chi connectivity index (χ0n) is 13.2. The molecule has 1 amide bonds. The molecular formula is C17H16ClN3OS2. The van der Waals surface area contributed by atoms with Crippen molar-refractivity contribution < 1.29 is 4.79 Å². The summed E-state index contributed by atoms with van der Waals surface area (Å²) in [6.07, 6.45) is 0.966. The highest BCUT2D eigenvalue weighted by Gasteiger charge is 2.22. The minimum atomic E-state index is 0.168. The Labute approximate surface area is 153 Å². The summed E-state index contributed by atoms with van der Waals surface area (Å²) in [7, 11) is 1.97. The van der Waals surface area contributed by atoms with Gasteiger partial charge >= 0.3 is 0 Å². The van der Waals surface area contributed by atoms with Gasteiger partial charge < -0.3 is 9.47 Å². The van der Waals surface area contributed by atoms with E-state index in [0.29, 0.717) is 10.8 Å². The quantitative estimate of drug-likeness (QED) is 0.648. The van der Waals surface area contributed by atoms with Crippen LogP contribution in [0.5, 0.6) is 0 Å². The van der Waals surface area contributed by atoms with Crippen LogP contribution in [0.4, 0.5) is 0 Å². The van der Waals surface area contributed by atoms with Crippen LogP contribution in [0.2, 0.25) is 5.02 Å². The number of hydrogen-bond donors (Lipinski definition) is 0. The van der Waals surface area contributed by atoms with E-state index in [-0.39, 0.29) is 5.91 Å². The highest BCUT2D eigenvalue weighted by Crippen LogP contribution is 2.27. The number of thioether (sulfide) groups is 1. The van der Waals surface area contributed by atoms with Gasteiger partial charge in [0.05, 0.1) is 16.8 Å². The van der Waals surface area contributed by atoms with Gasteiger partial charge in [0.1, 0.15) is 0 Å². The van der Waals surface area contributed by atoms with Crippen molar-refractivity contribution in [3.8, 4) is 0 Å². The summed E-state index contributed by atoms with van der Waals surface area (Å²) >= 11 is 9.30. The summed E-state index contributed by atoms with van der Waals surface area (Å²) in [6, 6.07) is 7.80.